The van der Waals surface area contributed by atoms with Crippen molar-refractivity contribution in [3.8, 4) is 0 Å². The molecule has 2 heteroatoms. The minimum absolute atomic E-state index is 0. The second kappa shape index (κ2) is 7.06. The molecule has 0 aliphatic rings. The minimum atomic E-state index is 0. The molecule has 0 aromatic heterocycles. The van der Waals surface area contributed by atoms with Crippen LogP contribution < -0.4 is 0 Å². The summed E-state index contributed by atoms with van der Waals surface area (Å²) in [5.41, 5.74) is 1.46. The van der Waals surface area contributed by atoms with Crippen molar-refractivity contribution in [1.82, 2.24) is 0 Å². The van der Waals surface area contributed by atoms with E-state index in [-0.39, 0.29) is 17.4 Å². The molecule has 1 aromatic rings. The molecule has 0 aliphatic heterocycles. The zero-order chi connectivity index (χ0) is 10.4. The summed E-state index contributed by atoms with van der Waals surface area (Å²) in [6.45, 7) is 11.7. The molecular weight excluding hydrogens is 197 g/mol. The van der Waals surface area contributed by atoms with Crippen LogP contribution in [0.2, 0.25) is 0 Å². The van der Waals surface area contributed by atoms with E-state index in [1.165, 1.54) is 36.2 Å². The molecule has 0 saturated heterocycles. The number of benzene rings is 1. The monoisotopic (exact) mass is 222 g/mol. The van der Waals surface area contributed by atoms with E-state index in [0.717, 1.165) is 0 Å². The van der Waals surface area contributed by atoms with Crippen molar-refractivity contribution in [2.45, 2.75) is 27.3 Å². The predicted octanol–water partition coefficient (Wildman–Crippen LogP) is 1.88. The Labute approximate surface area is 105 Å². The zero-order valence-electron chi connectivity index (χ0n) is 9.66. The standard InChI is InChI=1S/C13H22N.Al.3H/c1-4-14(5-2,6-3)12-13-10-8-7-9-11-13;;;;/h7-11H,4-6,12H2,1-3H3;;;;/q+1;;;;. The van der Waals surface area contributed by atoms with Gasteiger partial charge in [-0.15, -0.1) is 0 Å². The van der Waals surface area contributed by atoms with Crippen LogP contribution in [0, 0.1) is 0 Å². The second-order valence-corrected chi connectivity index (χ2v) is 3.93. The lowest BCUT2D eigenvalue weighted by atomic mass is 10.2. The first-order valence-electron chi connectivity index (χ1n) is 5.65. The Morgan fingerprint density at radius 2 is 1.33 bits per heavy atom. The van der Waals surface area contributed by atoms with Crippen molar-refractivity contribution in [1.29, 1.82) is 0 Å². The second-order valence-electron chi connectivity index (χ2n) is 3.93. The molecule has 84 valence electrons. The molecule has 0 spiro atoms. The first-order valence-corrected chi connectivity index (χ1v) is 5.65. The molecule has 0 fully saturated rings. The molecule has 0 N–H and O–H groups in total. The molecule has 1 nitrogen and oxygen atoms in total. The quantitative estimate of drug-likeness (QED) is 0.527. The number of quaternary nitrogens is 1. The van der Waals surface area contributed by atoms with Crippen molar-refractivity contribution in [2.24, 2.45) is 0 Å². The normalized spacial score (nSPS) is 10.9. The third-order valence-electron chi connectivity index (χ3n) is 3.37. The summed E-state index contributed by atoms with van der Waals surface area (Å²) in [5, 5.41) is 0. The highest BCUT2D eigenvalue weighted by Gasteiger charge is 2.20. The summed E-state index contributed by atoms with van der Waals surface area (Å²) in [7, 11) is 0. The number of rotatable bonds is 5. The molecular formula is C13H25AlN+. The highest BCUT2D eigenvalue weighted by atomic mass is 27.0. The third kappa shape index (κ3) is 3.99. The maximum absolute atomic E-state index is 2.29. The van der Waals surface area contributed by atoms with E-state index in [2.05, 4.69) is 51.1 Å². The fourth-order valence-corrected chi connectivity index (χ4v) is 1.98. The smallest absolute Gasteiger partial charge is 0.187 e. The molecule has 0 bridgehead atoms. The van der Waals surface area contributed by atoms with Crippen LogP contribution in [0.1, 0.15) is 26.3 Å². The van der Waals surface area contributed by atoms with Gasteiger partial charge in [-0.25, -0.2) is 0 Å². The Morgan fingerprint density at radius 3 is 1.73 bits per heavy atom. The van der Waals surface area contributed by atoms with E-state index in [1.54, 1.807) is 0 Å². The summed E-state index contributed by atoms with van der Waals surface area (Å²) in [6, 6.07) is 10.8. The molecule has 0 unspecified atom stereocenters. The highest BCUT2D eigenvalue weighted by Crippen LogP contribution is 2.13. The topological polar surface area (TPSA) is 0 Å². The number of hydrogen-bond acceptors (Lipinski definition) is 0. The van der Waals surface area contributed by atoms with Crippen LogP contribution in [0.25, 0.3) is 0 Å². The number of nitrogens with zero attached hydrogens (tertiary/aromatic N) is 1. The zero-order valence-corrected chi connectivity index (χ0v) is 9.66. The van der Waals surface area contributed by atoms with Gasteiger partial charge < -0.3 is 4.48 Å². The average molecular weight is 222 g/mol. The van der Waals surface area contributed by atoms with Gasteiger partial charge >= 0.3 is 0 Å². The predicted molar refractivity (Wildman–Crippen MR) is 72.0 cm³/mol. The molecule has 1 aromatic carbocycles. The van der Waals surface area contributed by atoms with Gasteiger partial charge in [-0.05, 0) is 20.8 Å². The minimum Gasteiger partial charge on any atom is -0.321 e. The van der Waals surface area contributed by atoms with Crippen LogP contribution in [0.4, 0.5) is 0 Å². The van der Waals surface area contributed by atoms with E-state index in [0.29, 0.717) is 0 Å². The summed E-state index contributed by atoms with van der Waals surface area (Å²) in [4.78, 5) is 0. The van der Waals surface area contributed by atoms with E-state index in [1.807, 2.05) is 0 Å². The van der Waals surface area contributed by atoms with Gasteiger partial charge in [0, 0.05) is 5.56 Å². The Bertz CT molecular complexity index is 246. The third-order valence-corrected chi connectivity index (χ3v) is 3.37. The molecule has 0 heterocycles. The molecule has 0 aliphatic carbocycles. The summed E-state index contributed by atoms with van der Waals surface area (Å²) in [5.74, 6) is 0. The average Bonchev–Trinajstić information content (AvgIpc) is 2.28. The highest BCUT2D eigenvalue weighted by molar-refractivity contribution is 5.75. The van der Waals surface area contributed by atoms with Gasteiger partial charge in [-0.1, -0.05) is 30.3 Å². The SMILES string of the molecule is CC[N+](CC)(CC)Cc1ccccc1.[AlH3]. The van der Waals surface area contributed by atoms with Crippen molar-refractivity contribution in [3.05, 3.63) is 35.9 Å². The molecule has 1 rings (SSSR count). The summed E-state index contributed by atoms with van der Waals surface area (Å²) >= 11 is 0. The van der Waals surface area contributed by atoms with E-state index >= 15 is 0 Å². The van der Waals surface area contributed by atoms with Crippen LogP contribution in [-0.2, 0) is 6.54 Å². The van der Waals surface area contributed by atoms with Crippen LogP contribution in [0.15, 0.2) is 30.3 Å². The Kier molecular flexibility index (Phi) is 6.93. The molecule has 0 atom stereocenters. The van der Waals surface area contributed by atoms with Crippen molar-refractivity contribution >= 4 is 17.4 Å². The first kappa shape index (κ1) is 14.7. The van der Waals surface area contributed by atoms with Crippen molar-refractivity contribution < 1.29 is 4.48 Å². The van der Waals surface area contributed by atoms with E-state index in [9.17, 15) is 0 Å². The summed E-state index contributed by atoms with van der Waals surface area (Å²) < 4.78 is 1.20. The van der Waals surface area contributed by atoms with Crippen molar-refractivity contribution in [2.75, 3.05) is 19.6 Å². The van der Waals surface area contributed by atoms with Gasteiger partial charge in [0.05, 0.1) is 19.6 Å². The lowest BCUT2D eigenvalue weighted by molar-refractivity contribution is -0.936. The van der Waals surface area contributed by atoms with E-state index in [4.69, 9.17) is 0 Å². The number of hydrogen-bond donors (Lipinski definition) is 0. The molecule has 0 saturated carbocycles. The van der Waals surface area contributed by atoms with Gasteiger partial charge in [0.25, 0.3) is 0 Å². The lowest BCUT2D eigenvalue weighted by Crippen LogP contribution is -2.46. The van der Waals surface area contributed by atoms with Crippen LogP contribution in [0.3, 0.4) is 0 Å². The fourth-order valence-electron chi connectivity index (χ4n) is 1.98. The first-order chi connectivity index (χ1) is 6.76. The van der Waals surface area contributed by atoms with Gasteiger partial charge in [0.1, 0.15) is 6.54 Å². The fraction of sp³-hybridized carbons (Fsp3) is 0.538. The van der Waals surface area contributed by atoms with Gasteiger partial charge in [0.2, 0.25) is 0 Å². The Morgan fingerprint density at radius 1 is 0.867 bits per heavy atom. The van der Waals surface area contributed by atoms with E-state index < -0.39 is 0 Å². The van der Waals surface area contributed by atoms with Crippen LogP contribution in [0.5, 0.6) is 0 Å². The summed E-state index contributed by atoms with van der Waals surface area (Å²) in [6.07, 6.45) is 0. The maximum atomic E-state index is 2.29. The Balaban J connectivity index is 0.00000196. The van der Waals surface area contributed by atoms with Crippen molar-refractivity contribution in [3.63, 3.8) is 0 Å². The lowest BCUT2D eigenvalue weighted by Gasteiger charge is -2.35. The van der Waals surface area contributed by atoms with Gasteiger partial charge in [0.15, 0.2) is 17.4 Å². The maximum Gasteiger partial charge on any atom is 0.187 e. The Hall–Kier alpha value is -0.288. The largest absolute Gasteiger partial charge is 0.321 e. The van der Waals surface area contributed by atoms with Crippen LogP contribution >= 0.6 is 0 Å². The molecule has 15 heavy (non-hydrogen) atoms. The molecule has 0 amide bonds. The molecule has 0 radical (unpaired) electrons. The van der Waals surface area contributed by atoms with Gasteiger partial charge in [-0.2, -0.15) is 0 Å². The van der Waals surface area contributed by atoms with Gasteiger partial charge in [-0.3, -0.25) is 0 Å². The van der Waals surface area contributed by atoms with Crippen LogP contribution in [-0.4, -0.2) is 41.5 Å².